The Morgan fingerprint density at radius 3 is 2.96 bits per heavy atom. The van der Waals surface area contributed by atoms with Crippen LogP contribution in [0, 0.1) is 0 Å². The van der Waals surface area contributed by atoms with E-state index in [9.17, 15) is 9.59 Å². The van der Waals surface area contributed by atoms with Crippen LogP contribution in [0.3, 0.4) is 0 Å². The first-order valence-corrected chi connectivity index (χ1v) is 7.92. The molecule has 124 valence electrons. The lowest BCUT2D eigenvalue weighted by molar-refractivity contribution is -0.139. The van der Waals surface area contributed by atoms with Gasteiger partial charge in [-0.1, -0.05) is 16.9 Å². The number of rotatable bonds is 6. The molecule has 3 aromatic heterocycles. The summed E-state index contributed by atoms with van der Waals surface area (Å²) in [4.78, 5) is 29.8. The summed E-state index contributed by atoms with van der Waals surface area (Å²) in [6.45, 7) is 0. The summed E-state index contributed by atoms with van der Waals surface area (Å²) in [5.41, 5.74) is 0.694. The summed E-state index contributed by atoms with van der Waals surface area (Å²) in [5.74, 6) is 1.10. The molecule has 0 fully saturated rings. The van der Waals surface area contributed by atoms with E-state index < -0.39 is 5.97 Å². The van der Waals surface area contributed by atoms with Crippen molar-refractivity contribution in [3.8, 4) is 11.5 Å². The van der Waals surface area contributed by atoms with E-state index in [-0.39, 0.29) is 12.0 Å². The molecular formula is C15H13N3O5S. The van der Waals surface area contributed by atoms with E-state index in [1.807, 2.05) is 0 Å². The Morgan fingerprint density at radius 2 is 2.21 bits per heavy atom. The minimum absolute atomic E-state index is 0.0550. The van der Waals surface area contributed by atoms with Crippen LogP contribution in [0.1, 0.15) is 11.4 Å². The van der Waals surface area contributed by atoms with Gasteiger partial charge in [-0.3, -0.25) is 9.59 Å². The lowest BCUT2D eigenvalue weighted by atomic mass is 10.3. The van der Waals surface area contributed by atoms with E-state index in [1.54, 1.807) is 24.5 Å². The number of furan rings is 1. The number of aromatic nitrogens is 3. The SMILES string of the molecule is COC(=O)Cc1cc(=O)[nH]c(SCc2cc(-c3ccco3)on2)n1. The Balaban J connectivity index is 1.68. The van der Waals surface area contributed by atoms with Crippen molar-refractivity contribution in [2.75, 3.05) is 7.11 Å². The molecular weight excluding hydrogens is 334 g/mol. The summed E-state index contributed by atoms with van der Waals surface area (Å²) in [6.07, 6.45) is 1.49. The fraction of sp³-hybridized carbons (Fsp3) is 0.200. The van der Waals surface area contributed by atoms with Gasteiger partial charge in [0.05, 0.1) is 31.2 Å². The molecule has 0 spiro atoms. The third-order valence-electron chi connectivity index (χ3n) is 3.01. The molecule has 0 saturated heterocycles. The van der Waals surface area contributed by atoms with Gasteiger partial charge >= 0.3 is 5.97 Å². The summed E-state index contributed by atoms with van der Waals surface area (Å²) >= 11 is 1.28. The molecule has 1 N–H and O–H groups in total. The molecule has 0 unspecified atom stereocenters. The lowest BCUT2D eigenvalue weighted by Gasteiger charge is -2.02. The molecule has 0 aliphatic rings. The molecule has 0 bridgehead atoms. The van der Waals surface area contributed by atoms with Crippen molar-refractivity contribution in [2.45, 2.75) is 17.3 Å². The molecule has 9 heteroatoms. The van der Waals surface area contributed by atoms with E-state index in [0.717, 1.165) is 0 Å². The summed E-state index contributed by atoms with van der Waals surface area (Å²) < 4.78 is 15.0. The molecule has 0 aromatic carbocycles. The Hall–Kier alpha value is -2.81. The number of thioether (sulfide) groups is 1. The number of hydrogen-bond acceptors (Lipinski definition) is 8. The number of aromatic amines is 1. The van der Waals surface area contributed by atoms with Crippen molar-refractivity contribution in [1.29, 1.82) is 0 Å². The van der Waals surface area contributed by atoms with Gasteiger partial charge in [0, 0.05) is 17.9 Å². The third-order valence-corrected chi connectivity index (χ3v) is 3.91. The van der Waals surface area contributed by atoms with Crippen LogP contribution in [0.4, 0.5) is 0 Å². The molecule has 0 aliphatic carbocycles. The molecule has 3 heterocycles. The Labute approximate surface area is 140 Å². The van der Waals surface area contributed by atoms with Crippen molar-refractivity contribution < 1.29 is 18.5 Å². The highest BCUT2D eigenvalue weighted by Crippen LogP contribution is 2.24. The van der Waals surface area contributed by atoms with Crippen LogP contribution in [-0.4, -0.2) is 28.2 Å². The largest absolute Gasteiger partial charge is 0.469 e. The fourth-order valence-electron chi connectivity index (χ4n) is 1.92. The van der Waals surface area contributed by atoms with E-state index in [0.29, 0.717) is 33.8 Å². The number of methoxy groups -OCH3 is 1. The third kappa shape index (κ3) is 3.93. The van der Waals surface area contributed by atoms with Gasteiger partial charge < -0.3 is 18.7 Å². The van der Waals surface area contributed by atoms with Crippen LogP contribution in [0.25, 0.3) is 11.5 Å². The second-order valence-corrected chi connectivity index (χ2v) is 5.71. The maximum atomic E-state index is 11.6. The zero-order chi connectivity index (χ0) is 16.9. The Kier molecular flexibility index (Phi) is 4.80. The number of H-pyrrole nitrogens is 1. The van der Waals surface area contributed by atoms with Crippen LogP contribution in [-0.2, 0) is 21.7 Å². The highest BCUT2D eigenvalue weighted by atomic mass is 32.2. The number of ether oxygens (including phenoxy) is 1. The van der Waals surface area contributed by atoms with Crippen LogP contribution < -0.4 is 5.56 Å². The van der Waals surface area contributed by atoms with E-state index >= 15 is 0 Å². The van der Waals surface area contributed by atoms with Crippen LogP contribution in [0.15, 0.2) is 49.4 Å². The average molecular weight is 347 g/mol. The summed E-state index contributed by atoms with van der Waals surface area (Å²) in [5, 5.41) is 4.34. The maximum Gasteiger partial charge on any atom is 0.311 e. The number of nitrogens with one attached hydrogen (secondary N) is 1. The molecule has 3 aromatic rings. The van der Waals surface area contributed by atoms with Crippen molar-refractivity contribution in [3.05, 3.63) is 52.3 Å². The zero-order valence-corrected chi connectivity index (χ0v) is 13.5. The lowest BCUT2D eigenvalue weighted by Crippen LogP contribution is -2.13. The molecule has 0 saturated carbocycles. The first-order valence-electron chi connectivity index (χ1n) is 6.93. The van der Waals surface area contributed by atoms with Crippen molar-refractivity contribution >= 4 is 17.7 Å². The first-order chi connectivity index (χ1) is 11.6. The first kappa shape index (κ1) is 16.1. The molecule has 24 heavy (non-hydrogen) atoms. The van der Waals surface area contributed by atoms with E-state index in [2.05, 4.69) is 19.9 Å². The number of carbonyl (C=O) groups is 1. The standard InChI is InChI=1S/C15H13N3O5S/c1-21-14(20)7-9-6-13(19)17-15(16-9)24-8-10-5-12(23-18-10)11-3-2-4-22-11/h2-6H,7-8H2,1H3,(H,16,17,19). The summed E-state index contributed by atoms with van der Waals surface area (Å²) in [7, 11) is 1.28. The highest BCUT2D eigenvalue weighted by molar-refractivity contribution is 7.98. The second-order valence-electron chi connectivity index (χ2n) is 4.74. The Bertz CT molecular complexity index is 885. The van der Waals surface area contributed by atoms with E-state index in [4.69, 9.17) is 8.94 Å². The second kappa shape index (κ2) is 7.18. The number of hydrogen-bond donors (Lipinski definition) is 1. The van der Waals surface area contributed by atoms with Crippen LogP contribution in [0.5, 0.6) is 0 Å². The zero-order valence-electron chi connectivity index (χ0n) is 12.6. The van der Waals surface area contributed by atoms with Gasteiger partial charge in [-0.15, -0.1) is 0 Å². The quantitative estimate of drug-likeness (QED) is 0.409. The topological polar surface area (TPSA) is 111 Å². The minimum Gasteiger partial charge on any atom is -0.469 e. The molecule has 8 nitrogen and oxygen atoms in total. The van der Waals surface area contributed by atoms with Gasteiger partial charge in [-0.25, -0.2) is 4.98 Å². The highest BCUT2D eigenvalue weighted by Gasteiger charge is 2.11. The molecule has 0 amide bonds. The molecule has 0 radical (unpaired) electrons. The van der Waals surface area contributed by atoms with Gasteiger partial charge in [0.2, 0.25) is 5.76 Å². The number of carbonyl (C=O) groups excluding carboxylic acids is 1. The Morgan fingerprint density at radius 1 is 1.33 bits per heavy atom. The van der Waals surface area contributed by atoms with Gasteiger partial charge in [0.1, 0.15) is 0 Å². The number of esters is 1. The average Bonchev–Trinajstić information content (AvgIpc) is 3.23. The molecule has 3 rings (SSSR count). The van der Waals surface area contributed by atoms with Gasteiger partial charge in [-0.2, -0.15) is 0 Å². The van der Waals surface area contributed by atoms with Crippen molar-refractivity contribution in [3.63, 3.8) is 0 Å². The minimum atomic E-state index is -0.455. The summed E-state index contributed by atoms with van der Waals surface area (Å²) in [6, 6.07) is 6.55. The monoisotopic (exact) mass is 347 g/mol. The van der Waals surface area contributed by atoms with Gasteiger partial charge in [0.25, 0.3) is 5.56 Å². The normalized spacial score (nSPS) is 10.7. The fourth-order valence-corrected chi connectivity index (χ4v) is 2.69. The van der Waals surface area contributed by atoms with E-state index in [1.165, 1.54) is 24.9 Å². The number of nitrogens with zero attached hydrogens (tertiary/aromatic N) is 2. The van der Waals surface area contributed by atoms with Crippen LogP contribution >= 0.6 is 11.8 Å². The van der Waals surface area contributed by atoms with Gasteiger partial charge in [-0.05, 0) is 12.1 Å². The molecule has 0 aliphatic heterocycles. The van der Waals surface area contributed by atoms with Crippen molar-refractivity contribution in [1.82, 2.24) is 15.1 Å². The predicted octanol–water partition coefficient (Wildman–Crippen LogP) is 2.03. The van der Waals surface area contributed by atoms with Gasteiger partial charge in [0.15, 0.2) is 10.9 Å². The maximum absolute atomic E-state index is 11.6. The van der Waals surface area contributed by atoms with Crippen LogP contribution in [0.2, 0.25) is 0 Å². The molecule has 0 atom stereocenters. The van der Waals surface area contributed by atoms with Crippen molar-refractivity contribution in [2.24, 2.45) is 0 Å². The smallest absolute Gasteiger partial charge is 0.311 e. The predicted molar refractivity (Wildman–Crippen MR) is 84.3 cm³/mol.